The summed E-state index contributed by atoms with van der Waals surface area (Å²) in [6.45, 7) is 0. The van der Waals surface area contributed by atoms with E-state index < -0.39 is 17.9 Å². The fourth-order valence-corrected chi connectivity index (χ4v) is 2.84. The van der Waals surface area contributed by atoms with Gasteiger partial charge >= 0.3 is 5.97 Å². The van der Waals surface area contributed by atoms with Crippen LogP contribution in [0.2, 0.25) is 0 Å². The number of hydrogen-bond donors (Lipinski definition) is 2. The fourth-order valence-electron chi connectivity index (χ4n) is 2.84. The van der Waals surface area contributed by atoms with Crippen LogP contribution in [0.4, 0.5) is 0 Å². The second-order valence-electron chi connectivity index (χ2n) is 6.32. The Balaban J connectivity index is 1.70. The molecule has 0 unspecified atom stereocenters. The van der Waals surface area contributed by atoms with Gasteiger partial charge in [-0.15, -0.1) is 0 Å². The molecule has 3 aromatic rings. The predicted octanol–water partition coefficient (Wildman–Crippen LogP) is 3.65. The number of rotatable bonds is 6. The molecule has 0 aliphatic rings. The summed E-state index contributed by atoms with van der Waals surface area (Å²) in [6, 6.07) is 24.4. The van der Waals surface area contributed by atoms with Crippen molar-refractivity contribution < 1.29 is 14.7 Å². The van der Waals surface area contributed by atoms with Gasteiger partial charge < -0.3 is 10.4 Å². The molecule has 0 saturated carbocycles. The van der Waals surface area contributed by atoms with Crippen LogP contribution < -0.4 is 5.32 Å². The first-order valence-electron chi connectivity index (χ1n) is 8.75. The van der Waals surface area contributed by atoms with Gasteiger partial charge in [-0.25, -0.2) is 4.79 Å². The number of nitriles is 1. The molecule has 0 bridgehead atoms. The van der Waals surface area contributed by atoms with Crippen molar-refractivity contribution in [2.45, 2.75) is 12.5 Å². The normalized spacial score (nSPS) is 11.2. The molecule has 0 aliphatic heterocycles. The quantitative estimate of drug-likeness (QED) is 0.693. The zero-order valence-electron chi connectivity index (χ0n) is 15.0. The van der Waals surface area contributed by atoms with Crippen molar-refractivity contribution in [3.05, 3.63) is 95.6 Å². The molecule has 5 nitrogen and oxygen atoms in total. The third-order valence-electron chi connectivity index (χ3n) is 4.38. The van der Waals surface area contributed by atoms with Crippen LogP contribution in [-0.2, 0) is 11.2 Å². The minimum Gasteiger partial charge on any atom is -0.480 e. The summed E-state index contributed by atoms with van der Waals surface area (Å²) >= 11 is 0. The van der Waals surface area contributed by atoms with E-state index in [1.54, 1.807) is 36.4 Å². The summed E-state index contributed by atoms with van der Waals surface area (Å²) in [5.41, 5.74) is 3.64. The summed E-state index contributed by atoms with van der Waals surface area (Å²) in [7, 11) is 0. The van der Waals surface area contributed by atoms with Crippen molar-refractivity contribution in [1.29, 1.82) is 5.26 Å². The molecular formula is C23H18N2O3. The second-order valence-corrected chi connectivity index (χ2v) is 6.32. The number of carboxylic acid groups (broad SMARTS) is 1. The van der Waals surface area contributed by atoms with E-state index in [-0.39, 0.29) is 6.42 Å². The van der Waals surface area contributed by atoms with Crippen LogP contribution in [0.15, 0.2) is 78.9 Å². The molecule has 0 heterocycles. The Morgan fingerprint density at radius 3 is 2.07 bits per heavy atom. The van der Waals surface area contributed by atoms with Crippen molar-refractivity contribution in [2.75, 3.05) is 0 Å². The highest BCUT2D eigenvalue weighted by Gasteiger charge is 2.21. The highest BCUT2D eigenvalue weighted by atomic mass is 16.4. The predicted molar refractivity (Wildman–Crippen MR) is 106 cm³/mol. The molecule has 3 aromatic carbocycles. The van der Waals surface area contributed by atoms with Gasteiger partial charge in [0.05, 0.1) is 11.6 Å². The van der Waals surface area contributed by atoms with Crippen molar-refractivity contribution in [3.63, 3.8) is 0 Å². The third-order valence-corrected chi connectivity index (χ3v) is 4.38. The number of carbonyl (C=O) groups excluding carboxylic acids is 1. The fraction of sp³-hybridized carbons (Fsp3) is 0.0870. The van der Waals surface area contributed by atoms with Gasteiger partial charge in [-0.1, -0.05) is 54.6 Å². The van der Waals surface area contributed by atoms with Crippen LogP contribution >= 0.6 is 0 Å². The van der Waals surface area contributed by atoms with Crippen molar-refractivity contribution in [3.8, 4) is 17.2 Å². The molecule has 0 fully saturated rings. The van der Waals surface area contributed by atoms with E-state index in [2.05, 4.69) is 5.32 Å². The Morgan fingerprint density at radius 1 is 0.893 bits per heavy atom. The van der Waals surface area contributed by atoms with Crippen LogP contribution in [0, 0.1) is 11.3 Å². The Kier molecular flexibility index (Phi) is 5.83. The molecule has 5 heteroatoms. The third kappa shape index (κ3) is 4.63. The Morgan fingerprint density at radius 2 is 1.50 bits per heavy atom. The monoisotopic (exact) mass is 370 g/mol. The molecule has 0 aliphatic carbocycles. The molecule has 1 atom stereocenters. The van der Waals surface area contributed by atoms with E-state index in [1.165, 1.54) is 0 Å². The van der Waals surface area contributed by atoms with Gasteiger partial charge in [-0.05, 0) is 41.0 Å². The zero-order valence-corrected chi connectivity index (χ0v) is 15.0. The second kappa shape index (κ2) is 8.65. The van der Waals surface area contributed by atoms with Crippen LogP contribution in [0.5, 0.6) is 0 Å². The number of amides is 1. The lowest BCUT2D eigenvalue weighted by atomic mass is 10.0. The molecule has 0 saturated heterocycles. The first-order chi connectivity index (χ1) is 13.6. The molecule has 0 radical (unpaired) electrons. The van der Waals surface area contributed by atoms with Crippen LogP contribution in [-0.4, -0.2) is 23.0 Å². The SMILES string of the molecule is N#Cc1ccc(C[C@@H](NC(=O)c2ccc(-c3ccccc3)cc2)C(=O)O)cc1. The van der Waals surface area contributed by atoms with Crippen molar-refractivity contribution in [1.82, 2.24) is 5.32 Å². The molecule has 1 amide bonds. The van der Waals surface area contributed by atoms with E-state index in [0.29, 0.717) is 11.1 Å². The number of carbonyl (C=O) groups is 2. The lowest BCUT2D eigenvalue weighted by Crippen LogP contribution is -2.42. The summed E-state index contributed by atoms with van der Waals surface area (Å²) in [5.74, 6) is -1.56. The average Bonchev–Trinajstić information content (AvgIpc) is 2.74. The number of nitrogens with zero attached hydrogens (tertiary/aromatic N) is 1. The van der Waals surface area contributed by atoms with Gasteiger partial charge in [0, 0.05) is 12.0 Å². The topological polar surface area (TPSA) is 90.2 Å². The van der Waals surface area contributed by atoms with E-state index in [0.717, 1.165) is 16.7 Å². The van der Waals surface area contributed by atoms with Gasteiger partial charge in [0.2, 0.25) is 0 Å². The van der Waals surface area contributed by atoms with Crippen LogP contribution in [0.3, 0.4) is 0 Å². The average molecular weight is 370 g/mol. The molecule has 138 valence electrons. The minimum atomic E-state index is -1.11. The molecule has 0 aromatic heterocycles. The van der Waals surface area contributed by atoms with Gasteiger partial charge in [0.25, 0.3) is 5.91 Å². The summed E-state index contributed by atoms with van der Waals surface area (Å²) in [6.07, 6.45) is 0.134. The lowest BCUT2D eigenvalue weighted by molar-refractivity contribution is -0.139. The standard InChI is InChI=1S/C23H18N2O3/c24-15-17-8-6-16(7-9-17)14-21(23(27)28)25-22(26)20-12-10-19(11-13-20)18-4-2-1-3-5-18/h1-13,21H,14H2,(H,25,26)(H,27,28)/t21-/m1/s1. The van der Waals surface area contributed by atoms with E-state index >= 15 is 0 Å². The number of nitrogens with one attached hydrogen (secondary N) is 1. The Labute approximate surface area is 162 Å². The van der Waals surface area contributed by atoms with Gasteiger partial charge in [0.1, 0.15) is 6.04 Å². The van der Waals surface area contributed by atoms with Gasteiger partial charge in [-0.3, -0.25) is 4.79 Å². The van der Waals surface area contributed by atoms with Gasteiger partial charge in [-0.2, -0.15) is 5.26 Å². The van der Waals surface area contributed by atoms with E-state index in [4.69, 9.17) is 5.26 Å². The summed E-state index contributed by atoms with van der Waals surface area (Å²) in [5, 5.41) is 20.9. The number of aliphatic carboxylic acids is 1. The Hall–Kier alpha value is -3.91. The zero-order chi connectivity index (χ0) is 19.9. The number of benzene rings is 3. The van der Waals surface area contributed by atoms with Crippen molar-refractivity contribution >= 4 is 11.9 Å². The Bertz CT molecular complexity index is 1000. The molecular weight excluding hydrogens is 352 g/mol. The highest BCUT2D eigenvalue weighted by Crippen LogP contribution is 2.19. The summed E-state index contributed by atoms with van der Waals surface area (Å²) < 4.78 is 0. The minimum absolute atomic E-state index is 0.134. The lowest BCUT2D eigenvalue weighted by Gasteiger charge is -2.15. The molecule has 0 spiro atoms. The van der Waals surface area contributed by atoms with Crippen molar-refractivity contribution in [2.24, 2.45) is 0 Å². The first-order valence-corrected chi connectivity index (χ1v) is 8.75. The highest BCUT2D eigenvalue weighted by molar-refractivity contribution is 5.97. The number of carboxylic acids is 1. The first kappa shape index (κ1) is 18.9. The number of hydrogen-bond acceptors (Lipinski definition) is 3. The van der Waals surface area contributed by atoms with Gasteiger partial charge in [0.15, 0.2) is 0 Å². The maximum Gasteiger partial charge on any atom is 0.326 e. The maximum absolute atomic E-state index is 12.5. The van der Waals surface area contributed by atoms with Crippen LogP contribution in [0.25, 0.3) is 11.1 Å². The van der Waals surface area contributed by atoms with E-state index in [9.17, 15) is 14.7 Å². The van der Waals surface area contributed by atoms with E-state index in [1.807, 2.05) is 48.5 Å². The molecule has 2 N–H and O–H groups in total. The molecule has 3 rings (SSSR count). The summed E-state index contributed by atoms with van der Waals surface area (Å²) in [4.78, 5) is 24.0. The van der Waals surface area contributed by atoms with Crippen LogP contribution in [0.1, 0.15) is 21.5 Å². The largest absolute Gasteiger partial charge is 0.480 e. The molecule has 28 heavy (non-hydrogen) atoms. The smallest absolute Gasteiger partial charge is 0.326 e. The maximum atomic E-state index is 12.5.